The molecule has 0 aromatic heterocycles. The molecule has 0 radical (unpaired) electrons. The van der Waals surface area contributed by atoms with Gasteiger partial charge in [0.2, 0.25) is 0 Å². The zero-order chi connectivity index (χ0) is 14.8. The molecule has 0 spiro atoms. The van der Waals surface area contributed by atoms with Crippen LogP contribution in [0.3, 0.4) is 0 Å². The number of para-hydroxylation sites is 1. The molecular weight excluding hydrogens is 276 g/mol. The standard InChI is InChI=1S/C14H20N2O3S/c1-20-10-6-2-5-9-15-14(19)16-12-8-4-3-7-11(12)13(17)18/h3-4,7-8H,2,5-6,9-10H2,1H3,(H,17,18)(H2,15,16,19). The number of carbonyl (C=O) groups excluding carboxylic acids is 1. The van der Waals surface area contributed by atoms with Crippen molar-refractivity contribution >= 4 is 29.4 Å². The number of aromatic carboxylic acids is 1. The molecule has 0 saturated carbocycles. The number of thioether (sulfide) groups is 1. The zero-order valence-corrected chi connectivity index (χ0v) is 12.3. The molecule has 0 atom stereocenters. The maximum Gasteiger partial charge on any atom is 0.337 e. The van der Waals surface area contributed by atoms with Gasteiger partial charge in [-0.15, -0.1) is 0 Å². The molecule has 0 heterocycles. The number of hydrogen-bond donors (Lipinski definition) is 3. The lowest BCUT2D eigenvalue weighted by molar-refractivity contribution is 0.0698. The van der Waals surface area contributed by atoms with E-state index in [9.17, 15) is 9.59 Å². The highest BCUT2D eigenvalue weighted by molar-refractivity contribution is 7.98. The number of amides is 2. The highest BCUT2D eigenvalue weighted by Gasteiger charge is 2.10. The Labute approximate surface area is 123 Å². The molecule has 0 saturated heterocycles. The molecule has 0 aliphatic heterocycles. The number of nitrogens with one attached hydrogen (secondary N) is 2. The third-order valence-corrected chi connectivity index (χ3v) is 3.41. The molecule has 1 aromatic carbocycles. The van der Waals surface area contributed by atoms with Crippen LogP contribution in [-0.4, -0.2) is 35.7 Å². The van der Waals surface area contributed by atoms with Crippen LogP contribution < -0.4 is 10.6 Å². The van der Waals surface area contributed by atoms with Gasteiger partial charge in [-0.1, -0.05) is 18.6 Å². The van der Waals surface area contributed by atoms with Crippen LogP contribution in [0, 0.1) is 0 Å². The SMILES string of the molecule is CSCCCCCNC(=O)Nc1ccccc1C(=O)O. The summed E-state index contributed by atoms with van der Waals surface area (Å²) >= 11 is 1.82. The summed E-state index contributed by atoms with van der Waals surface area (Å²) in [5, 5.41) is 14.3. The van der Waals surface area contributed by atoms with E-state index in [2.05, 4.69) is 16.9 Å². The van der Waals surface area contributed by atoms with Gasteiger partial charge in [-0.25, -0.2) is 9.59 Å². The molecule has 6 heteroatoms. The quantitative estimate of drug-likeness (QED) is 0.644. The Morgan fingerprint density at radius 3 is 2.65 bits per heavy atom. The summed E-state index contributed by atoms with van der Waals surface area (Å²) in [6, 6.07) is 5.97. The predicted octanol–water partition coefficient (Wildman–Crippen LogP) is 3.04. The summed E-state index contributed by atoms with van der Waals surface area (Å²) < 4.78 is 0. The first-order chi connectivity index (χ1) is 9.65. The van der Waals surface area contributed by atoms with E-state index in [1.54, 1.807) is 18.2 Å². The number of benzene rings is 1. The topological polar surface area (TPSA) is 78.4 Å². The van der Waals surface area contributed by atoms with Gasteiger partial charge in [0.05, 0.1) is 11.3 Å². The Hall–Kier alpha value is -1.69. The first kappa shape index (κ1) is 16.4. The van der Waals surface area contributed by atoms with E-state index in [4.69, 9.17) is 5.11 Å². The van der Waals surface area contributed by atoms with Crippen LogP contribution >= 0.6 is 11.8 Å². The van der Waals surface area contributed by atoms with E-state index in [0.717, 1.165) is 25.0 Å². The third-order valence-electron chi connectivity index (χ3n) is 2.72. The Morgan fingerprint density at radius 2 is 1.95 bits per heavy atom. The van der Waals surface area contributed by atoms with Gasteiger partial charge in [0.15, 0.2) is 0 Å². The average Bonchev–Trinajstić information content (AvgIpc) is 2.43. The van der Waals surface area contributed by atoms with Gasteiger partial charge in [0.25, 0.3) is 0 Å². The molecule has 0 bridgehead atoms. The lowest BCUT2D eigenvalue weighted by Crippen LogP contribution is -2.30. The minimum absolute atomic E-state index is 0.0858. The number of unbranched alkanes of at least 4 members (excludes halogenated alkanes) is 2. The van der Waals surface area contributed by atoms with Gasteiger partial charge >= 0.3 is 12.0 Å². The van der Waals surface area contributed by atoms with Crippen molar-refractivity contribution < 1.29 is 14.7 Å². The van der Waals surface area contributed by atoms with E-state index in [1.165, 1.54) is 6.07 Å². The molecule has 0 aliphatic carbocycles. The van der Waals surface area contributed by atoms with Crippen LogP contribution in [-0.2, 0) is 0 Å². The average molecular weight is 296 g/mol. The molecule has 110 valence electrons. The van der Waals surface area contributed by atoms with Crippen molar-refractivity contribution in [3.63, 3.8) is 0 Å². The smallest absolute Gasteiger partial charge is 0.337 e. The van der Waals surface area contributed by atoms with Gasteiger partial charge in [-0.3, -0.25) is 0 Å². The predicted molar refractivity (Wildman–Crippen MR) is 82.7 cm³/mol. The molecule has 5 nitrogen and oxygen atoms in total. The van der Waals surface area contributed by atoms with Crippen LogP contribution in [0.15, 0.2) is 24.3 Å². The Kier molecular flexibility index (Phi) is 7.57. The zero-order valence-electron chi connectivity index (χ0n) is 11.5. The minimum atomic E-state index is -1.06. The van der Waals surface area contributed by atoms with Gasteiger partial charge in [-0.05, 0) is 37.0 Å². The van der Waals surface area contributed by atoms with Crippen molar-refractivity contribution in [3.05, 3.63) is 29.8 Å². The number of hydrogen-bond acceptors (Lipinski definition) is 3. The fraction of sp³-hybridized carbons (Fsp3) is 0.429. The summed E-state index contributed by atoms with van der Waals surface area (Å²) in [6.45, 7) is 0.593. The lowest BCUT2D eigenvalue weighted by Gasteiger charge is -2.09. The van der Waals surface area contributed by atoms with Crippen molar-refractivity contribution in [2.24, 2.45) is 0 Å². The van der Waals surface area contributed by atoms with Crippen LogP contribution in [0.25, 0.3) is 0 Å². The van der Waals surface area contributed by atoms with Gasteiger partial charge < -0.3 is 15.7 Å². The second-order valence-electron chi connectivity index (χ2n) is 4.29. The number of carboxylic acid groups (broad SMARTS) is 1. The summed E-state index contributed by atoms with van der Waals surface area (Å²) in [5.41, 5.74) is 0.391. The lowest BCUT2D eigenvalue weighted by atomic mass is 10.2. The fourth-order valence-electron chi connectivity index (χ4n) is 1.70. The fourth-order valence-corrected chi connectivity index (χ4v) is 2.19. The van der Waals surface area contributed by atoms with E-state index < -0.39 is 5.97 Å². The molecule has 2 amide bonds. The number of rotatable bonds is 8. The summed E-state index contributed by atoms with van der Waals surface area (Å²) in [7, 11) is 0. The maximum absolute atomic E-state index is 11.7. The Bertz CT molecular complexity index is 452. The summed E-state index contributed by atoms with van der Waals surface area (Å²) in [5.74, 6) is 0.0796. The molecular formula is C14H20N2O3S. The molecule has 0 aliphatic rings. The molecule has 1 aromatic rings. The molecule has 3 N–H and O–H groups in total. The van der Waals surface area contributed by atoms with E-state index >= 15 is 0 Å². The Balaban J connectivity index is 2.34. The molecule has 0 fully saturated rings. The number of carbonyl (C=O) groups is 2. The van der Waals surface area contributed by atoms with Crippen molar-refractivity contribution in [2.75, 3.05) is 23.9 Å². The highest BCUT2D eigenvalue weighted by Crippen LogP contribution is 2.14. The van der Waals surface area contributed by atoms with Crippen molar-refractivity contribution in [1.82, 2.24) is 5.32 Å². The molecule has 1 rings (SSSR count). The second-order valence-corrected chi connectivity index (χ2v) is 5.27. The number of carboxylic acids is 1. The van der Waals surface area contributed by atoms with Gasteiger partial charge in [0, 0.05) is 6.54 Å². The summed E-state index contributed by atoms with van der Waals surface area (Å²) in [4.78, 5) is 22.6. The van der Waals surface area contributed by atoms with Crippen molar-refractivity contribution in [2.45, 2.75) is 19.3 Å². The van der Waals surface area contributed by atoms with Gasteiger partial charge in [-0.2, -0.15) is 11.8 Å². The van der Waals surface area contributed by atoms with E-state index in [0.29, 0.717) is 12.2 Å². The normalized spacial score (nSPS) is 10.1. The van der Waals surface area contributed by atoms with E-state index in [-0.39, 0.29) is 11.6 Å². The van der Waals surface area contributed by atoms with Crippen LogP contribution in [0.1, 0.15) is 29.6 Å². The summed E-state index contributed by atoms with van der Waals surface area (Å²) in [6.07, 6.45) is 5.22. The van der Waals surface area contributed by atoms with Gasteiger partial charge in [0.1, 0.15) is 0 Å². The van der Waals surface area contributed by atoms with Crippen LogP contribution in [0.4, 0.5) is 10.5 Å². The van der Waals surface area contributed by atoms with Crippen molar-refractivity contribution in [3.8, 4) is 0 Å². The highest BCUT2D eigenvalue weighted by atomic mass is 32.2. The molecule has 0 unspecified atom stereocenters. The number of anilines is 1. The largest absolute Gasteiger partial charge is 0.478 e. The number of urea groups is 1. The van der Waals surface area contributed by atoms with Crippen LogP contribution in [0.2, 0.25) is 0 Å². The second kappa shape index (κ2) is 9.25. The first-order valence-corrected chi connectivity index (χ1v) is 7.90. The maximum atomic E-state index is 11.7. The molecule has 20 heavy (non-hydrogen) atoms. The monoisotopic (exact) mass is 296 g/mol. The third kappa shape index (κ3) is 5.97. The Morgan fingerprint density at radius 1 is 1.20 bits per heavy atom. The minimum Gasteiger partial charge on any atom is -0.478 e. The first-order valence-electron chi connectivity index (χ1n) is 6.51. The van der Waals surface area contributed by atoms with Crippen molar-refractivity contribution in [1.29, 1.82) is 0 Å². The van der Waals surface area contributed by atoms with Crippen LogP contribution in [0.5, 0.6) is 0 Å². The van der Waals surface area contributed by atoms with E-state index in [1.807, 2.05) is 11.8 Å².